The minimum absolute atomic E-state index is 0.0401. The Morgan fingerprint density at radius 2 is 1.65 bits per heavy atom. The van der Waals surface area contributed by atoms with Gasteiger partial charge in [0.25, 0.3) is 11.7 Å². The molecule has 6 heteroatoms. The number of hydrogen-bond donors (Lipinski definition) is 1. The normalized spacial score (nSPS) is 19.1. The van der Waals surface area contributed by atoms with Gasteiger partial charge in [0.2, 0.25) is 6.79 Å². The molecule has 1 N–H and O–H groups in total. The van der Waals surface area contributed by atoms with Crippen LogP contribution in [0.1, 0.15) is 22.7 Å². The zero-order chi connectivity index (χ0) is 21.5. The third kappa shape index (κ3) is 3.04. The van der Waals surface area contributed by atoms with Crippen LogP contribution in [0, 0.1) is 6.92 Å². The maximum atomic E-state index is 13.2. The molecule has 0 radical (unpaired) electrons. The molecule has 0 aromatic heterocycles. The largest absolute Gasteiger partial charge is 0.507 e. The summed E-state index contributed by atoms with van der Waals surface area (Å²) >= 11 is 0. The van der Waals surface area contributed by atoms with Gasteiger partial charge in [0.1, 0.15) is 5.76 Å². The van der Waals surface area contributed by atoms with Crippen molar-refractivity contribution in [1.29, 1.82) is 0 Å². The van der Waals surface area contributed by atoms with E-state index in [4.69, 9.17) is 9.47 Å². The molecule has 0 spiro atoms. The zero-order valence-electron chi connectivity index (χ0n) is 16.7. The average Bonchev–Trinajstić information content (AvgIpc) is 3.36. The molecule has 2 aliphatic heterocycles. The fourth-order valence-electron chi connectivity index (χ4n) is 4.06. The molecule has 1 atom stereocenters. The van der Waals surface area contributed by atoms with E-state index in [0.717, 1.165) is 11.1 Å². The van der Waals surface area contributed by atoms with E-state index in [1.807, 2.05) is 55.5 Å². The van der Waals surface area contributed by atoms with Gasteiger partial charge in [0.05, 0.1) is 11.6 Å². The van der Waals surface area contributed by atoms with Crippen molar-refractivity contribution in [2.24, 2.45) is 0 Å². The highest BCUT2D eigenvalue weighted by Gasteiger charge is 2.47. The Hall–Kier alpha value is -4.06. The number of para-hydroxylation sites is 1. The van der Waals surface area contributed by atoms with Gasteiger partial charge >= 0.3 is 0 Å². The number of carbonyl (C=O) groups excluding carboxylic acids is 2. The van der Waals surface area contributed by atoms with Gasteiger partial charge in [-0.3, -0.25) is 14.5 Å². The van der Waals surface area contributed by atoms with Crippen LogP contribution in [-0.2, 0) is 9.59 Å². The fourth-order valence-corrected chi connectivity index (χ4v) is 4.06. The summed E-state index contributed by atoms with van der Waals surface area (Å²) in [6.45, 7) is 1.98. The van der Waals surface area contributed by atoms with Crippen molar-refractivity contribution in [1.82, 2.24) is 0 Å². The summed E-state index contributed by atoms with van der Waals surface area (Å²) in [6.07, 6.45) is 0. The lowest BCUT2D eigenvalue weighted by molar-refractivity contribution is -0.132. The lowest BCUT2D eigenvalue weighted by Crippen LogP contribution is -2.30. The number of ketones is 1. The van der Waals surface area contributed by atoms with Crippen molar-refractivity contribution >= 4 is 23.1 Å². The van der Waals surface area contributed by atoms with Crippen molar-refractivity contribution < 1.29 is 24.2 Å². The van der Waals surface area contributed by atoms with Gasteiger partial charge in [0.15, 0.2) is 11.5 Å². The first kappa shape index (κ1) is 18.9. The van der Waals surface area contributed by atoms with E-state index >= 15 is 0 Å². The van der Waals surface area contributed by atoms with Crippen LogP contribution in [0.4, 0.5) is 5.69 Å². The second-order valence-corrected chi connectivity index (χ2v) is 7.43. The fraction of sp³-hybridized carbons (Fsp3) is 0.120. The predicted octanol–water partition coefficient (Wildman–Crippen LogP) is 4.35. The Bertz CT molecular complexity index is 1230. The van der Waals surface area contributed by atoms with Crippen LogP contribution in [0.3, 0.4) is 0 Å². The number of aliphatic hydroxyl groups is 1. The monoisotopic (exact) mass is 413 g/mol. The second kappa shape index (κ2) is 7.32. The minimum Gasteiger partial charge on any atom is -0.507 e. The summed E-state index contributed by atoms with van der Waals surface area (Å²) in [7, 11) is 0. The van der Waals surface area contributed by atoms with Crippen LogP contribution >= 0.6 is 0 Å². The molecule has 3 aromatic carbocycles. The number of hydrogen-bond acceptors (Lipinski definition) is 5. The highest BCUT2D eigenvalue weighted by Crippen LogP contribution is 2.44. The molecule has 0 saturated carbocycles. The van der Waals surface area contributed by atoms with Gasteiger partial charge in [-0.05, 0) is 42.3 Å². The first-order valence-corrected chi connectivity index (χ1v) is 9.88. The molecule has 1 amide bonds. The van der Waals surface area contributed by atoms with Crippen LogP contribution in [0.15, 0.2) is 78.4 Å². The highest BCUT2D eigenvalue weighted by atomic mass is 16.7. The number of aryl methyl sites for hydroxylation is 1. The summed E-state index contributed by atoms with van der Waals surface area (Å²) < 4.78 is 10.7. The topological polar surface area (TPSA) is 76.1 Å². The van der Waals surface area contributed by atoms with Crippen LogP contribution in [0.5, 0.6) is 11.5 Å². The number of aliphatic hydroxyl groups excluding tert-OH is 1. The Morgan fingerprint density at radius 3 is 2.42 bits per heavy atom. The molecule has 154 valence electrons. The van der Waals surface area contributed by atoms with Crippen molar-refractivity contribution in [3.63, 3.8) is 0 Å². The summed E-state index contributed by atoms with van der Waals surface area (Å²) in [5.74, 6) is -0.607. The quantitative estimate of drug-likeness (QED) is 0.393. The van der Waals surface area contributed by atoms with E-state index in [-0.39, 0.29) is 18.1 Å². The third-order valence-electron chi connectivity index (χ3n) is 5.58. The summed E-state index contributed by atoms with van der Waals surface area (Å²) in [5, 5.41) is 11.2. The molecule has 5 rings (SSSR count). The van der Waals surface area contributed by atoms with E-state index < -0.39 is 17.7 Å². The Balaban J connectivity index is 1.72. The van der Waals surface area contributed by atoms with Gasteiger partial charge in [-0.15, -0.1) is 0 Å². The predicted molar refractivity (Wildman–Crippen MR) is 115 cm³/mol. The summed E-state index contributed by atoms with van der Waals surface area (Å²) in [5.41, 5.74) is 2.63. The van der Waals surface area contributed by atoms with Crippen molar-refractivity contribution in [3.8, 4) is 11.5 Å². The van der Waals surface area contributed by atoms with Crippen LogP contribution in [0.2, 0.25) is 0 Å². The van der Waals surface area contributed by atoms with E-state index in [2.05, 4.69) is 0 Å². The van der Waals surface area contributed by atoms with E-state index in [1.165, 1.54) is 4.90 Å². The SMILES string of the molecule is Cc1ccccc1N1C(=O)C(=O)/C(=C(\O)c2ccc3c(c2)OCO3)C1c1ccccc1. The smallest absolute Gasteiger partial charge is 0.300 e. The first-order chi connectivity index (χ1) is 15.1. The lowest BCUT2D eigenvalue weighted by atomic mass is 9.95. The molecule has 0 bridgehead atoms. The van der Waals surface area contributed by atoms with Gasteiger partial charge in [-0.2, -0.15) is 0 Å². The molecule has 3 aromatic rings. The lowest BCUT2D eigenvalue weighted by Gasteiger charge is -2.26. The first-order valence-electron chi connectivity index (χ1n) is 9.88. The van der Waals surface area contributed by atoms with E-state index in [0.29, 0.717) is 22.7 Å². The van der Waals surface area contributed by atoms with Crippen molar-refractivity contribution in [2.45, 2.75) is 13.0 Å². The molecule has 0 aliphatic carbocycles. The number of rotatable bonds is 3. The number of Topliss-reactive ketones (excluding diaryl/α,β-unsaturated/α-hetero) is 1. The number of fused-ring (bicyclic) bond motifs is 1. The average molecular weight is 413 g/mol. The minimum atomic E-state index is -0.757. The van der Waals surface area contributed by atoms with E-state index in [1.54, 1.807) is 24.3 Å². The standard InChI is InChI=1S/C25H19NO5/c1-15-7-5-6-10-18(15)26-22(16-8-3-2-4-9-16)21(24(28)25(26)29)23(27)17-11-12-19-20(13-17)31-14-30-19/h2-13,22,27H,14H2,1H3/b23-21-. The Kier molecular flexibility index (Phi) is 4.47. The Labute approximate surface area is 179 Å². The molecule has 31 heavy (non-hydrogen) atoms. The van der Waals surface area contributed by atoms with Gasteiger partial charge in [0, 0.05) is 11.3 Å². The molecule has 6 nitrogen and oxygen atoms in total. The molecule has 2 aliphatic rings. The highest BCUT2D eigenvalue weighted by molar-refractivity contribution is 6.51. The van der Waals surface area contributed by atoms with Gasteiger partial charge < -0.3 is 14.6 Å². The number of anilines is 1. The second-order valence-electron chi connectivity index (χ2n) is 7.43. The maximum absolute atomic E-state index is 13.2. The van der Waals surface area contributed by atoms with Crippen LogP contribution in [0.25, 0.3) is 5.76 Å². The van der Waals surface area contributed by atoms with Crippen molar-refractivity contribution in [3.05, 3.63) is 95.1 Å². The number of carbonyl (C=O) groups is 2. The number of amides is 1. The molecule has 1 saturated heterocycles. The van der Waals surface area contributed by atoms with Gasteiger partial charge in [-0.25, -0.2) is 0 Å². The number of benzene rings is 3. The summed E-state index contributed by atoms with van der Waals surface area (Å²) in [6, 6.07) is 20.8. The third-order valence-corrected chi connectivity index (χ3v) is 5.58. The van der Waals surface area contributed by atoms with Crippen molar-refractivity contribution in [2.75, 3.05) is 11.7 Å². The molecule has 1 fully saturated rings. The number of ether oxygens (including phenoxy) is 2. The van der Waals surface area contributed by atoms with Crippen LogP contribution in [-0.4, -0.2) is 23.6 Å². The number of nitrogens with zero attached hydrogens (tertiary/aromatic N) is 1. The summed E-state index contributed by atoms with van der Waals surface area (Å²) in [4.78, 5) is 27.8. The van der Waals surface area contributed by atoms with Crippen LogP contribution < -0.4 is 14.4 Å². The molecule has 1 unspecified atom stereocenters. The van der Waals surface area contributed by atoms with E-state index in [9.17, 15) is 14.7 Å². The molecular formula is C25H19NO5. The maximum Gasteiger partial charge on any atom is 0.300 e. The van der Waals surface area contributed by atoms with Gasteiger partial charge in [-0.1, -0.05) is 48.5 Å². The molecular weight excluding hydrogens is 394 g/mol. The zero-order valence-corrected chi connectivity index (χ0v) is 16.7. The Morgan fingerprint density at radius 1 is 0.935 bits per heavy atom. The molecule has 2 heterocycles.